The molecule has 0 bridgehead atoms. The second-order valence-corrected chi connectivity index (χ2v) is 19.3. The highest BCUT2D eigenvalue weighted by atomic mass is 28.4. The smallest absolute Gasteiger partial charge is 0.421 e. The Morgan fingerprint density at radius 2 is 1.18 bits per heavy atom. The highest BCUT2D eigenvalue weighted by molar-refractivity contribution is 6.86. The fourth-order valence-corrected chi connectivity index (χ4v) is 11.6. The van der Waals surface area contributed by atoms with E-state index in [1.807, 2.05) is 0 Å². The van der Waals surface area contributed by atoms with Crippen molar-refractivity contribution in [3.63, 3.8) is 0 Å². The van der Waals surface area contributed by atoms with Crippen LogP contribution in [0.1, 0.15) is 0 Å². The molecule has 0 rings (SSSR count). The minimum absolute atomic E-state index is 0.800. The van der Waals surface area contributed by atoms with Crippen molar-refractivity contribution >= 4 is 25.2 Å². The maximum atomic E-state index is 6.15. The quantitative estimate of drug-likeness (QED) is 0.645. The van der Waals surface area contributed by atoms with Crippen LogP contribution < -0.4 is 0 Å². The van der Waals surface area contributed by atoms with E-state index in [0.717, 1.165) is 11.9 Å². The molecule has 0 unspecified atom stereocenters. The minimum atomic E-state index is -2.50. The standard InChI is InChI=1S/C10H28O4Si3/c1-11-17(12-2,13-3)10-16(7,8)14-9-15(4,5)6/h9-10H2,1-8H3. The molecule has 4 nitrogen and oxygen atoms in total. The van der Waals surface area contributed by atoms with E-state index in [0.29, 0.717) is 0 Å². The summed E-state index contributed by atoms with van der Waals surface area (Å²) < 4.78 is 22.5. The molecule has 0 saturated carbocycles. The average molecular weight is 297 g/mol. The van der Waals surface area contributed by atoms with Gasteiger partial charge in [-0.05, 0) is 13.1 Å². The Labute approximate surface area is 109 Å². The predicted octanol–water partition coefficient (Wildman–Crippen LogP) is 2.50. The Morgan fingerprint density at radius 3 is 1.47 bits per heavy atom. The molecule has 7 heteroatoms. The van der Waals surface area contributed by atoms with Crippen molar-refractivity contribution in [2.24, 2.45) is 0 Å². The fraction of sp³-hybridized carbons (Fsp3) is 1.00. The molecule has 0 aliphatic rings. The van der Waals surface area contributed by atoms with Gasteiger partial charge in [0, 0.05) is 33.2 Å². The summed E-state index contributed by atoms with van der Waals surface area (Å²) in [6.07, 6.45) is 0.897. The fourth-order valence-electron chi connectivity index (χ4n) is 1.45. The normalized spacial score (nSPS) is 14.1. The van der Waals surface area contributed by atoms with Crippen LogP contribution in [0.3, 0.4) is 0 Å². The first-order chi connectivity index (χ1) is 7.60. The Morgan fingerprint density at radius 1 is 0.765 bits per heavy atom. The maximum Gasteiger partial charge on any atom is 0.499 e. The molecule has 0 N–H and O–H groups in total. The summed E-state index contributed by atoms with van der Waals surface area (Å²) in [5, 5.41) is 0. The third-order valence-electron chi connectivity index (χ3n) is 2.47. The summed E-state index contributed by atoms with van der Waals surface area (Å²) in [4.78, 5) is 0. The molecule has 0 aliphatic carbocycles. The zero-order valence-electron chi connectivity index (χ0n) is 12.5. The molecule has 0 aliphatic heterocycles. The van der Waals surface area contributed by atoms with Crippen LogP contribution in [0.5, 0.6) is 0 Å². The molecule has 0 fully saturated rings. The van der Waals surface area contributed by atoms with Crippen molar-refractivity contribution in [1.82, 2.24) is 0 Å². The first-order valence-electron chi connectivity index (χ1n) is 5.89. The third-order valence-corrected chi connectivity index (χ3v) is 11.7. The van der Waals surface area contributed by atoms with Crippen molar-refractivity contribution in [3.8, 4) is 0 Å². The summed E-state index contributed by atoms with van der Waals surface area (Å²) in [7, 11) is -0.490. The van der Waals surface area contributed by atoms with Crippen LogP contribution in [0.15, 0.2) is 0 Å². The Bertz CT molecular complexity index is 216. The second-order valence-electron chi connectivity index (χ2n) is 6.08. The molecule has 0 spiro atoms. The molecule has 0 aromatic carbocycles. The van der Waals surface area contributed by atoms with Crippen molar-refractivity contribution in [3.05, 3.63) is 0 Å². The largest absolute Gasteiger partial charge is 0.499 e. The van der Waals surface area contributed by atoms with Gasteiger partial charge in [-0.3, -0.25) is 0 Å². The highest BCUT2D eigenvalue weighted by Crippen LogP contribution is 2.23. The van der Waals surface area contributed by atoms with E-state index in [9.17, 15) is 0 Å². The van der Waals surface area contributed by atoms with Gasteiger partial charge in [-0.1, -0.05) is 19.6 Å². The van der Waals surface area contributed by atoms with Crippen molar-refractivity contribution < 1.29 is 17.7 Å². The van der Waals surface area contributed by atoms with Gasteiger partial charge in [-0.2, -0.15) is 0 Å². The highest BCUT2D eigenvalue weighted by Gasteiger charge is 2.46. The topological polar surface area (TPSA) is 36.9 Å². The molecule has 0 amide bonds. The minimum Gasteiger partial charge on any atom is -0.421 e. The molecular formula is C10H28O4Si3. The van der Waals surface area contributed by atoms with Crippen molar-refractivity contribution in [2.75, 3.05) is 27.6 Å². The van der Waals surface area contributed by atoms with E-state index < -0.39 is 25.2 Å². The molecule has 0 heterocycles. The molecule has 0 atom stereocenters. The lowest BCUT2D eigenvalue weighted by molar-refractivity contribution is 0.127. The Kier molecular flexibility index (Phi) is 6.79. The molecule has 17 heavy (non-hydrogen) atoms. The Hall–Kier alpha value is 0.491. The number of hydrogen-bond acceptors (Lipinski definition) is 4. The summed E-state index contributed by atoms with van der Waals surface area (Å²) in [5.41, 5.74) is 0.800. The van der Waals surface area contributed by atoms with Crippen LogP contribution >= 0.6 is 0 Å². The van der Waals surface area contributed by atoms with Crippen LogP contribution in [0.25, 0.3) is 0 Å². The zero-order valence-corrected chi connectivity index (χ0v) is 15.5. The molecule has 104 valence electrons. The van der Waals surface area contributed by atoms with Crippen LogP contribution in [0.2, 0.25) is 38.4 Å². The van der Waals surface area contributed by atoms with Gasteiger partial charge in [0.2, 0.25) is 0 Å². The van der Waals surface area contributed by atoms with Gasteiger partial charge in [0.05, 0.1) is 8.07 Å². The summed E-state index contributed by atoms with van der Waals surface area (Å²) in [6, 6.07) is 0. The van der Waals surface area contributed by atoms with E-state index in [4.69, 9.17) is 17.7 Å². The predicted molar refractivity (Wildman–Crippen MR) is 78.4 cm³/mol. The average Bonchev–Trinajstić information content (AvgIpc) is 2.23. The molecule has 0 aromatic rings. The lowest BCUT2D eigenvalue weighted by Gasteiger charge is -2.33. The van der Waals surface area contributed by atoms with Gasteiger partial charge < -0.3 is 17.7 Å². The van der Waals surface area contributed by atoms with Crippen molar-refractivity contribution in [1.29, 1.82) is 0 Å². The first kappa shape index (κ1) is 17.5. The SMILES string of the molecule is CO[Si](C[Si](C)(C)OC[Si](C)(C)C)(OC)OC. The third kappa shape index (κ3) is 6.85. The molecule has 0 aromatic heterocycles. The molecule has 0 saturated heterocycles. The molecule has 0 radical (unpaired) electrons. The Balaban J connectivity index is 4.50. The summed E-state index contributed by atoms with van der Waals surface area (Å²) >= 11 is 0. The zero-order chi connectivity index (χ0) is 13.7. The van der Waals surface area contributed by atoms with E-state index in [1.54, 1.807) is 21.3 Å². The van der Waals surface area contributed by atoms with Gasteiger partial charge >= 0.3 is 8.80 Å². The van der Waals surface area contributed by atoms with E-state index in [1.165, 1.54) is 0 Å². The molecular weight excluding hydrogens is 268 g/mol. The van der Waals surface area contributed by atoms with Crippen LogP contribution in [0, 0.1) is 0 Å². The second kappa shape index (κ2) is 6.60. The lowest BCUT2D eigenvalue weighted by atomic mass is 11.7. The number of hydrogen-bond donors (Lipinski definition) is 0. The van der Waals surface area contributed by atoms with Crippen LogP contribution in [0.4, 0.5) is 0 Å². The van der Waals surface area contributed by atoms with E-state index in [-0.39, 0.29) is 0 Å². The van der Waals surface area contributed by atoms with Crippen LogP contribution in [-0.4, -0.2) is 52.8 Å². The number of rotatable bonds is 8. The van der Waals surface area contributed by atoms with Crippen LogP contribution in [-0.2, 0) is 17.7 Å². The van der Waals surface area contributed by atoms with Crippen molar-refractivity contribution in [2.45, 2.75) is 38.4 Å². The van der Waals surface area contributed by atoms with Gasteiger partial charge in [0.25, 0.3) is 0 Å². The van der Waals surface area contributed by atoms with Gasteiger partial charge in [0.1, 0.15) is 0 Å². The van der Waals surface area contributed by atoms with Gasteiger partial charge in [-0.25, -0.2) is 0 Å². The monoisotopic (exact) mass is 296 g/mol. The van der Waals surface area contributed by atoms with Gasteiger partial charge in [0.15, 0.2) is 8.32 Å². The van der Waals surface area contributed by atoms with E-state index in [2.05, 4.69) is 32.7 Å². The van der Waals surface area contributed by atoms with E-state index >= 15 is 0 Å². The first-order valence-corrected chi connectivity index (χ1v) is 14.6. The summed E-state index contributed by atoms with van der Waals surface area (Å²) in [5.74, 6) is 0. The summed E-state index contributed by atoms with van der Waals surface area (Å²) in [6.45, 7) is 11.3. The lowest BCUT2D eigenvalue weighted by Crippen LogP contribution is -2.52. The van der Waals surface area contributed by atoms with Gasteiger partial charge in [-0.15, -0.1) is 0 Å². The maximum absolute atomic E-state index is 6.15.